The molecule has 2 nitrogen and oxygen atoms in total. The second-order valence-electron chi connectivity index (χ2n) is 4.90. The van der Waals surface area contributed by atoms with E-state index in [1.54, 1.807) is 0 Å². The summed E-state index contributed by atoms with van der Waals surface area (Å²) in [5, 5.41) is 12.5. The SMILES string of the molecule is CC(NC(C)c1cccc(C#N)c1)c1cccc(Br)c1. The number of nitrogens with one attached hydrogen (secondary N) is 1. The van der Waals surface area contributed by atoms with E-state index in [0.29, 0.717) is 5.56 Å². The number of hydrogen-bond donors (Lipinski definition) is 1. The van der Waals surface area contributed by atoms with Crippen LogP contribution in [-0.2, 0) is 0 Å². The fourth-order valence-corrected chi connectivity index (χ4v) is 2.64. The molecule has 0 aromatic heterocycles. The van der Waals surface area contributed by atoms with Crippen LogP contribution in [-0.4, -0.2) is 0 Å². The van der Waals surface area contributed by atoms with Gasteiger partial charge in [-0.2, -0.15) is 5.26 Å². The van der Waals surface area contributed by atoms with Crippen LogP contribution < -0.4 is 5.32 Å². The largest absolute Gasteiger partial charge is 0.304 e. The molecule has 20 heavy (non-hydrogen) atoms. The van der Waals surface area contributed by atoms with E-state index in [1.165, 1.54) is 5.56 Å². The number of hydrogen-bond acceptors (Lipinski definition) is 2. The van der Waals surface area contributed by atoms with E-state index >= 15 is 0 Å². The predicted octanol–water partition coefficient (Wildman–Crippen LogP) is 4.73. The summed E-state index contributed by atoms with van der Waals surface area (Å²) in [6.45, 7) is 4.26. The Bertz CT molecular complexity index is 631. The molecule has 2 aromatic rings. The van der Waals surface area contributed by atoms with Crippen LogP contribution in [0, 0.1) is 11.3 Å². The molecule has 0 aliphatic heterocycles. The van der Waals surface area contributed by atoms with Crippen LogP contribution in [0.4, 0.5) is 0 Å². The zero-order valence-corrected chi connectivity index (χ0v) is 13.2. The van der Waals surface area contributed by atoms with Gasteiger partial charge in [0.05, 0.1) is 11.6 Å². The molecule has 0 aliphatic rings. The smallest absolute Gasteiger partial charge is 0.0991 e. The molecule has 0 bridgehead atoms. The topological polar surface area (TPSA) is 35.8 Å². The van der Waals surface area contributed by atoms with Gasteiger partial charge in [-0.1, -0.05) is 40.2 Å². The Hall–Kier alpha value is -1.63. The van der Waals surface area contributed by atoms with Crippen molar-refractivity contribution in [2.75, 3.05) is 0 Å². The van der Waals surface area contributed by atoms with E-state index in [2.05, 4.69) is 53.3 Å². The van der Waals surface area contributed by atoms with Crippen molar-refractivity contribution < 1.29 is 0 Å². The lowest BCUT2D eigenvalue weighted by Gasteiger charge is -2.21. The van der Waals surface area contributed by atoms with Gasteiger partial charge in [-0.15, -0.1) is 0 Å². The second kappa shape index (κ2) is 6.69. The van der Waals surface area contributed by atoms with Gasteiger partial charge in [0, 0.05) is 16.6 Å². The summed E-state index contributed by atoms with van der Waals surface area (Å²) in [6.07, 6.45) is 0. The minimum atomic E-state index is 0.192. The first kappa shape index (κ1) is 14.8. The Morgan fingerprint density at radius 1 is 1.00 bits per heavy atom. The molecule has 2 rings (SSSR count). The molecule has 0 saturated heterocycles. The van der Waals surface area contributed by atoms with Crippen LogP contribution in [0.2, 0.25) is 0 Å². The first-order valence-electron chi connectivity index (χ1n) is 6.61. The number of benzene rings is 2. The van der Waals surface area contributed by atoms with E-state index in [1.807, 2.05) is 36.4 Å². The number of halogens is 1. The first-order valence-corrected chi connectivity index (χ1v) is 7.41. The van der Waals surface area contributed by atoms with Crippen molar-refractivity contribution in [1.82, 2.24) is 5.32 Å². The third-order valence-electron chi connectivity index (χ3n) is 3.36. The molecule has 2 aromatic carbocycles. The quantitative estimate of drug-likeness (QED) is 0.880. The Kier molecular flexibility index (Phi) is 4.94. The van der Waals surface area contributed by atoms with E-state index < -0.39 is 0 Å². The van der Waals surface area contributed by atoms with Crippen LogP contribution in [0.3, 0.4) is 0 Å². The summed E-state index contributed by atoms with van der Waals surface area (Å²) in [7, 11) is 0. The molecule has 2 atom stereocenters. The minimum absolute atomic E-state index is 0.192. The van der Waals surface area contributed by atoms with Crippen molar-refractivity contribution in [1.29, 1.82) is 5.26 Å². The normalized spacial score (nSPS) is 13.5. The Morgan fingerprint density at radius 3 is 2.20 bits per heavy atom. The van der Waals surface area contributed by atoms with Gasteiger partial charge in [0.1, 0.15) is 0 Å². The number of nitrogens with zero attached hydrogens (tertiary/aromatic N) is 1. The van der Waals surface area contributed by atoms with Gasteiger partial charge >= 0.3 is 0 Å². The van der Waals surface area contributed by atoms with Gasteiger partial charge in [-0.25, -0.2) is 0 Å². The highest BCUT2D eigenvalue weighted by molar-refractivity contribution is 9.10. The maximum absolute atomic E-state index is 8.96. The lowest BCUT2D eigenvalue weighted by Crippen LogP contribution is -2.22. The maximum atomic E-state index is 8.96. The van der Waals surface area contributed by atoms with Crippen LogP contribution in [0.1, 0.15) is 42.6 Å². The molecule has 0 fully saturated rings. The molecule has 0 radical (unpaired) electrons. The molecule has 0 heterocycles. The van der Waals surface area contributed by atoms with Crippen LogP contribution in [0.5, 0.6) is 0 Å². The fourth-order valence-electron chi connectivity index (χ4n) is 2.22. The van der Waals surface area contributed by atoms with Gasteiger partial charge in [-0.3, -0.25) is 0 Å². The minimum Gasteiger partial charge on any atom is -0.304 e. The highest BCUT2D eigenvalue weighted by Crippen LogP contribution is 2.22. The van der Waals surface area contributed by atoms with Crippen LogP contribution in [0.25, 0.3) is 0 Å². The average molecular weight is 329 g/mol. The third-order valence-corrected chi connectivity index (χ3v) is 3.86. The van der Waals surface area contributed by atoms with Crippen LogP contribution in [0.15, 0.2) is 53.0 Å². The lowest BCUT2D eigenvalue weighted by atomic mass is 10.0. The van der Waals surface area contributed by atoms with Crippen molar-refractivity contribution in [2.45, 2.75) is 25.9 Å². The van der Waals surface area contributed by atoms with Gasteiger partial charge in [0.2, 0.25) is 0 Å². The monoisotopic (exact) mass is 328 g/mol. The van der Waals surface area contributed by atoms with Crippen molar-refractivity contribution in [2.24, 2.45) is 0 Å². The maximum Gasteiger partial charge on any atom is 0.0991 e. The molecule has 0 amide bonds. The van der Waals surface area contributed by atoms with Crippen molar-refractivity contribution in [3.63, 3.8) is 0 Å². The standard InChI is InChI=1S/C17H17BrN2/c1-12(15-6-3-5-14(9-15)11-19)20-13(2)16-7-4-8-17(18)10-16/h3-10,12-13,20H,1-2H3. The molecule has 0 aliphatic carbocycles. The average Bonchev–Trinajstić information content (AvgIpc) is 2.47. The van der Waals surface area contributed by atoms with Crippen molar-refractivity contribution in [3.05, 3.63) is 69.7 Å². The van der Waals surface area contributed by atoms with E-state index in [-0.39, 0.29) is 12.1 Å². The van der Waals surface area contributed by atoms with Gasteiger partial charge in [0.25, 0.3) is 0 Å². The Morgan fingerprint density at radius 2 is 1.60 bits per heavy atom. The predicted molar refractivity (Wildman–Crippen MR) is 85.3 cm³/mol. The molecule has 0 saturated carbocycles. The summed E-state index contributed by atoms with van der Waals surface area (Å²) in [5.41, 5.74) is 3.07. The molecule has 0 spiro atoms. The second-order valence-corrected chi connectivity index (χ2v) is 5.82. The zero-order chi connectivity index (χ0) is 14.5. The molecule has 1 N–H and O–H groups in total. The lowest BCUT2D eigenvalue weighted by molar-refractivity contribution is 0.494. The van der Waals surface area contributed by atoms with E-state index in [0.717, 1.165) is 10.0 Å². The van der Waals surface area contributed by atoms with Crippen molar-refractivity contribution in [3.8, 4) is 6.07 Å². The van der Waals surface area contributed by atoms with Gasteiger partial charge in [0.15, 0.2) is 0 Å². The van der Waals surface area contributed by atoms with E-state index in [4.69, 9.17) is 5.26 Å². The van der Waals surface area contributed by atoms with Gasteiger partial charge in [-0.05, 0) is 49.2 Å². The molecular formula is C17H17BrN2. The summed E-state index contributed by atoms with van der Waals surface area (Å²) < 4.78 is 1.09. The zero-order valence-electron chi connectivity index (χ0n) is 11.6. The fraction of sp³-hybridized carbons (Fsp3) is 0.235. The highest BCUT2D eigenvalue weighted by atomic mass is 79.9. The molecule has 3 heteroatoms. The first-order chi connectivity index (χ1) is 9.60. The van der Waals surface area contributed by atoms with Crippen LogP contribution >= 0.6 is 15.9 Å². The Labute approximate surface area is 128 Å². The van der Waals surface area contributed by atoms with Crippen molar-refractivity contribution >= 4 is 15.9 Å². The summed E-state index contributed by atoms with van der Waals surface area (Å²) in [4.78, 5) is 0. The molecule has 102 valence electrons. The van der Waals surface area contributed by atoms with Gasteiger partial charge < -0.3 is 5.32 Å². The summed E-state index contributed by atoms with van der Waals surface area (Å²) >= 11 is 3.50. The summed E-state index contributed by atoms with van der Waals surface area (Å²) in [6, 6.07) is 18.7. The highest BCUT2D eigenvalue weighted by Gasteiger charge is 2.11. The third kappa shape index (κ3) is 3.69. The number of nitriles is 1. The number of rotatable bonds is 4. The molecular weight excluding hydrogens is 312 g/mol. The molecule has 2 unspecified atom stereocenters. The summed E-state index contributed by atoms with van der Waals surface area (Å²) in [5.74, 6) is 0. The Balaban J connectivity index is 2.11. The van der Waals surface area contributed by atoms with E-state index in [9.17, 15) is 0 Å².